The molecule has 1 aromatic carbocycles. The van der Waals surface area contributed by atoms with Crippen molar-refractivity contribution >= 4 is 60.3 Å². The standard InChI is InChI=1S/C9H7N.C2H6OS.4ClH.Ru/c1-2-4-9-7-10-6-5-8(9)3-1;1-4(2)3;;;;;/h1-7H;1-2H3;4*1H;/q;;;;;;+3/p-4. The Bertz CT molecular complexity index is 446. The Hall–Kier alpha value is 0.563. The summed E-state index contributed by atoms with van der Waals surface area (Å²) in [6, 6.07) is 10.2. The zero-order chi connectivity index (χ0) is 14.9. The van der Waals surface area contributed by atoms with Crippen LogP contribution in [-0.2, 0) is 21.6 Å². The van der Waals surface area contributed by atoms with Gasteiger partial charge in [-0.05, 0) is 16.8 Å². The van der Waals surface area contributed by atoms with Gasteiger partial charge in [0.2, 0.25) is 0 Å². The molecule has 2 rings (SSSR count). The van der Waals surface area contributed by atoms with E-state index in [1.54, 1.807) is 12.5 Å². The van der Waals surface area contributed by atoms with Crippen LogP contribution in [0.5, 0.6) is 0 Å². The molecule has 0 bridgehead atoms. The van der Waals surface area contributed by atoms with E-state index in [2.05, 4.69) is 17.1 Å². The van der Waals surface area contributed by atoms with Crippen LogP contribution in [0.2, 0.25) is 0 Å². The first-order valence-electron chi connectivity index (χ1n) is 4.77. The minimum atomic E-state index is -2.97. The molecule has 0 spiro atoms. The fourth-order valence-corrected chi connectivity index (χ4v) is 1.03. The van der Waals surface area contributed by atoms with E-state index in [1.165, 1.54) is 10.8 Å². The van der Waals surface area contributed by atoms with Crippen LogP contribution in [0, 0.1) is 0 Å². The van der Waals surface area contributed by atoms with E-state index in [-0.39, 0.29) is 0 Å². The molecule has 1 heterocycles. The second-order valence-corrected chi connectivity index (χ2v) is 20.6. The van der Waals surface area contributed by atoms with Crippen LogP contribution >= 0.6 is 38.8 Å². The zero-order valence-corrected chi connectivity index (χ0v) is 15.7. The molecule has 0 fully saturated rings. The minimum absolute atomic E-state index is 0.611. The fourth-order valence-electron chi connectivity index (χ4n) is 1.03. The van der Waals surface area contributed by atoms with Gasteiger partial charge >= 0.3 is 49.6 Å². The number of hydrogen-bond donors (Lipinski definition) is 0. The van der Waals surface area contributed by atoms with Crippen LogP contribution in [0.1, 0.15) is 0 Å². The Kier molecular flexibility index (Phi) is 10.6. The molecular formula is C11H13Cl4NORuS-. The maximum atomic E-state index is 9.56. The van der Waals surface area contributed by atoms with Crippen molar-refractivity contribution in [2.75, 3.05) is 12.5 Å². The first kappa shape index (κ1) is 19.6. The number of hydrogen-bond acceptors (Lipinski definition) is 2. The first-order valence-corrected chi connectivity index (χ1v) is 15.7. The van der Waals surface area contributed by atoms with E-state index < -0.39 is 21.6 Å². The number of pyridine rings is 1. The number of fused-ring (bicyclic) bond motifs is 1. The summed E-state index contributed by atoms with van der Waals surface area (Å²) >= 11 is 0. The molecule has 0 atom stereocenters. The van der Waals surface area contributed by atoms with E-state index in [0.29, 0.717) is 0 Å². The maximum absolute atomic E-state index is 9.56. The number of halogens is 4. The predicted octanol–water partition coefficient (Wildman–Crippen LogP) is 4.99. The molecule has 8 heteroatoms. The van der Waals surface area contributed by atoms with Gasteiger partial charge in [0.25, 0.3) is 0 Å². The molecule has 0 aliphatic heterocycles. The largest absolute Gasteiger partial charge is 0.264 e. The molecule has 0 saturated heterocycles. The van der Waals surface area contributed by atoms with Crippen LogP contribution in [0.4, 0.5) is 0 Å². The number of nitrogens with zero attached hydrogens (tertiary/aromatic N) is 1. The van der Waals surface area contributed by atoms with Crippen molar-refractivity contribution in [2.45, 2.75) is 0 Å². The first-order chi connectivity index (χ1) is 8.70. The van der Waals surface area contributed by atoms with Gasteiger partial charge in [0.05, 0.1) is 0 Å². The molecule has 0 N–H and O–H groups in total. The van der Waals surface area contributed by atoms with Crippen LogP contribution in [0.3, 0.4) is 0 Å². The molecule has 1 aromatic heterocycles. The predicted molar refractivity (Wildman–Crippen MR) is 85.1 cm³/mol. The Balaban J connectivity index is 0.000000307. The summed E-state index contributed by atoms with van der Waals surface area (Å²) < 4.78 is 9.56. The molecular weight excluding hydrogens is 437 g/mol. The summed E-state index contributed by atoms with van der Waals surface area (Å²) in [5.74, 6) is 0. The van der Waals surface area contributed by atoms with Gasteiger partial charge in [0, 0.05) is 35.7 Å². The molecule has 0 saturated carbocycles. The Morgan fingerprint density at radius 2 is 1.42 bits per heavy atom. The molecule has 111 valence electrons. The topological polar surface area (TPSA) is 30.0 Å². The molecule has 2 nitrogen and oxygen atoms in total. The Labute approximate surface area is 134 Å². The van der Waals surface area contributed by atoms with Crippen LogP contribution in [0.25, 0.3) is 10.8 Å². The molecule has 0 amide bonds. The number of aromatic nitrogens is 1. The average Bonchev–Trinajstić information content (AvgIpc) is 2.26. The third-order valence-corrected chi connectivity index (χ3v) is 1.55. The quantitative estimate of drug-likeness (QED) is 0.530. The van der Waals surface area contributed by atoms with Gasteiger partial charge in [-0.1, -0.05) is 24.3 Å². The summed E-state index contributed by atoms with van der Waals surface area (Å²) in [5, 5.41) is 2.45. The van der Waals surface area contributed by atoms with Gasteiger partial charge in [0.1, 0.15) is 0 Å². The molecule has 0 aliphatic rings. The van der Waals surface area contributed by atoms with Gasteiger partial charge < -0.3 is 0 Å². The van der Waals surface area contributed by atoms with Gasteiger partial charge in [-0.15, -0.1) is 0 Å². The monoisotopic (exact) mass is 449 g/mol. The summed E-state index contributed by atoms with van der Waals surface area (Å²) in [4.78, 5) is 4.01. The minimum Gasteiger partial charge on any atom is -0.264 e. The van der Waals surface area contributed by atoms with Crippen molar-refractivity contribution in [1.29, 1.82) is 0 Å². The van der Waals surface area contributed by atoms with Gasteiger partial charge in [-0.3, -0.25) is 9.19 Å². The maximum Gasteiger partial charge on any atom is 0.0346 e. The number of rotatable bonds is 0. The molecule has 0 radical (unpaired) electrons. The normalized spacial score (nSPS) is 11.1. The SMILES string of the molecule is CS(C)=O.[Cl][Ru-]([Cl])([Cl])[Cl].c1ccc2cnccc2c1. The van der Waals surface area contributed by atoms with Crippen molar-refractivity contribution in [3.63, 3.8) is 0 Å². The van der Waals surface area contributed by atoms with Gasteiger partial charge in [0.15, 0.2) is 0 Å². The third-order valence-electron chi connectivity index (χ3n) is 1.55. The van der Waals surface area contributed by atoms with E-state index in [0.717, 1.165) is 0 Å². The molecule has 0 unspecified atom stereocenters. The summed E-state index contributed by atoms with van der Waals surface area (Å²) in [6.07, 6.45) is 6.96. The molecule has 0 aliphatic carbocycles. The van der Waals surface area contributed by atoms with Crippen molar-refractivity contribution in [3.8, 4) is 0 Å². The summed E-state index contributed by atoms with van der Waals surface area (Å²) in [5.41, 5.74) is 0. The van der Waals surface area contributed by atoms with E-state index in [9.17, 15) is 4.21 Å². The van der Waals surface area contributed by atoms with Crippen LogP contribution in [-0.4, -0.2) is 21.7 Å². The van der Waals surface area contributed by atoms with Crippen molar-refractivity contribution in [2.24, 2.45) is 0 Å². The van der Waals surface area contributed by atoms with E-state index in [1.807, 2.05) is 30.6 Å². The average molecular weight is 450 g/mol. The second-order valence-electron chi connectivity index (χ2n) is 3.27. The van der Waals surface area contributed by atoms with Crippen molar-refractivity contribution in [1.82, 2.24) is 4.98 Å². The molecule has 2 aromatic rings. The summed E-state index contributed by atoms with van der Waals surface area (Å²) in [7, 11) is 16.4. The smallest absolute Gasteiger partial charge is 0.0346 e. The Morgan fingerprint density at radius 1 is 1.00 bits per heavy atom. The van der Waals surface area contributed by atoms with Crippen LogP contribution < -0.4 is 0 Å². The number of benzene rings is 1. The van der Waals surface area contributed by atoms with Crippen molar-refractivity contribution in [3.05, 3.63) is 42.7 Å². The van der Waals surface area contributed by atoms with Gasteiger partial charge in [-0.2, -0.15) is 0 Å². The van der Waals surface area contributed by atoms with E-state index in [4.69, 9.17) is 38.8 Å². The van der Waals surface area contributed by atoms with Crippen LogP contribution in [0.15, 0.2) is 42.7 Å². The summed E-state index contributed by atoms with van der Waals surface area (Å²) in [6.45, 7) is 0. The van der Waals surface area contributed by atoms with E-state index >= 15 is 0 Å². The van der Waals surface area contributed by atoms with Crippen molar-refractivity contribution < 1.29 is 15.0 Å². The second kappa shape index (κ2) is 10.3. The third kappa shape index (κ3) is 14.8. The fraction of sp³-hybridized carbons (Fsp3) is 0.182. The Morgan fingerprint density at radius 3 is 1.84 bits per heavy atom. The molecule has 19 heavy (non-hydrogen) atoms. The zero-order valence-electron chi connectivity index (χ0n) is 10.2. The van der Waals surface area contributed by atoms with Gasteiger partial charge in [-0.25, -0.2) is 0 Å².